The fourth-order valence-corrected chi connectivity index (χ4v) is 2.13. The van der Waals surface area contributed by atoms with E-state index in [-0.39, 0.29) is 0 Å². The SMILES string of the molecule is C=COCCCC1CCC(C)C1. The highest BCUT2D eigenvalue weighted by atomic mass is 16.5. The molecule has 0 N–H and O–H groups in total. The monoisotopic (exact) mass is 168 g/mol. The van der Waals surface area contributed by atoms with Gasteiger partial charge in [-0.2, -0.15) is 0 Å². The topological polar surface area (TPSA) is 9.23 Å². The zero-order valence-corrected chi connectivity index (χ0v) is 8.09. The molecule has 1 nitrogen and oxygen atoms in total. The maximum atomic E-state index is 5.08. The van der Waals surface area contributed by atoms with E-state index in [0.29, 0.717) is 0 Å². The van der Waals surface area contributed by atoms with Crippen molar-refractivity contribution in [1.29, 1.82) is 0 Å². The minimum absolute atomic E-state index is 0.856. The van der Waals surface area contributed by atoms with Crippen molar-refractivity contribution < 1.29 is 4.74 Å². The predicted octanol–water partition coefficient (Wildman–Crippen LogP) is 3.36. The standard InChI is InChI=1S/C11H20O/c1-3-12-8-4-5-11-7-6-10(2)9-11/h3,10-11H,1,4-9H2,2H3. The van der Waals surface area contributed by atoms with Crippen LogP contribution < -0.4 is 0 Å². The summed E-state index contributed by atoms with van der Waals surface area (Å²) in [6.07, 6.45) is 8.40. The Balaban J connectivity index is 1.96. The van der Waals surface area contributed by atoms with E-state index >= 15 is 0 Å². The fourth-order valence-electron chi connectivity index (χ4n) is 2.13. The molecule has 0 bridgehead atoms. The minimum atomic E-state index is 0.856. The number of rotatable bonds is 5. The average molecular weight is 168 g/mol. The second-order valence-corrected chi connectivity index (χ2v) is 3.96. The van der Waals surface area contributed by atoms with Gasteiger partial charge < -0.3 is 4.74 Å². The first-order chi connectivity index (χ1) is 5.83. The lowest BCUT2D eigenvalue weighted by atomic mass is 10.0. The first-order valence-electron chi connectivity index (χ1n) is 5.05. The lowest BCUT2D eigenvalue weighted by Crippen LogP contribution is -1.97. The molecule has 2 unspecified atom stereocenters. The van der Waals surface area contributed by atoms with Gasteiger partial charge in [0.05, 0.1) is 12.9 Å². The molecule has 1 saturated carbocycles. The van der Waals surface area contributed by atoms with Gasteiger partial charge in [0.1, 0.15) is 0 Å². The maximum Gasteiger partial charge on any atom is 0.0873 e. The summed E-state index contributed by atoms with van der Waals surface area (Å²) < 4.78 is 5.08. The lowest BCUT2D eigenvalue weighted by molar-refractivity contribution is 0.234. The third kappa shape index (κ3) is 3.29. The van der Waals surface area contributed by atoms with Crippen LogP contribution in [-0.4, -0.2) is 6.61 Å². The molecule has 0 aromatic heterocycles. The fraction of sp³-hybridized carbons (Fsp3) is 0.818. The Kier molecular flexibility index (Phi) is 4.20. The molecular formula is C11H20O. The summed E-state index contributed by atoms with van der Waals surface area (Å²) in [5.74, 6) is 1.95. The van der Waals surface area contributed by atoms with Gasteiger partial charge in [-0.1, -0.05) is 26.3 Å². The maximum absolute atomic E-state index is 5.08. The molecule has 70 valence electrons. The molecule has 0 aliphatic heterocycles. The van der Waals surface area contributed by atoms with Crippen LogP contribution in [0.5, 0.6) is 0 Å². The Morgan fingerprint density at radius 1 is 1.50 bits per heavy atom. The molecule has 0 amide bonds. The average Bonchev–Trinajstić information content (AvgIpc) is 2.45. The van der Waals surface area contributed by atoms with E-state index in [0.717, 1.165) is 18.4 Å². The summed E-state index contributed by atoms with van der Waals surface area (Å²) in [6.45, 7) is 6.74. The number of ether oxygens (including phenoxy) is 1. The van der Waals surface area contributed by atoms with Gasteiger partial charge in [0.25, 0.3) is 0 Å². The van der Waals surface area contributed by atoms with Crippen LogP contribution in [0, 0.1) is 11.8 Å². The second kappa shape index (κ2) is 5.23. The van der Waals surface area contributed by atoms with E-state index in [1.54, 1.807) is 0 Å². The molecule has 1 aliphatic carbocycles. The second-order valence-electron chi connectivity index (χ2n) is 3.96. The van der Waals surface area contributed by atoms with Crippen LogP contribution in [0.3, 0.4) is 0 Å². The van der Waals surface area contributed by atoms with Crippen molar-refractivity contribution in [3.63, 3.8) is 0 Å². The highest BCUT2D eigenvalue weighted by Gasteiger charge is 2.20. The molecular weight excluding hydrogens is 148 g/mol. The third-order valence-corrected chi connectivity index (χ3v) is 2.80. The van der Waals surface area contributed by atoms with Crippen molar-refractivity contribution in [1.82, 2.24) is 0 Å². The van der Waals surface area contributed by atoms with Crippen molar-refractivity contribution in [2.24, 2.45) is 11.8 Å². The van der Waals surface area contributed by atoms with Gasteiger partial charge in [-0.25, -0.2) is 0 Å². The summed E-state index contributed by atoms with van der Waals surface area (Å²) >= 11 is 0. The lowest BCUT2D eigenvalue weighted by Gasteiger charge is -2.08. The van der Waals surface area contributed by atoms with Crippen LogP contribution in [-0.2, 0) is 4.74 Å². The van der Waals surface area contributed by atoms with Gasteiger partial charge in [0.2, 0.25) is 0 Å². The van der Waals surface area contributed by atoms with Crippen molar-refractivity contribution in [2.45, 2.75) is 39.0 Å². The molecule has 0 radical (unpaired) electrons. The molecule has 0 aromatic rings. The highest BCUT2D eigenvalue weighted by molar-refractivity contribution is 4.72. The normalized spacial score (nSPS) is 28.8. The van der Waals surface area contributed by atoms with E-state index in [9.17, 15) is 0 Å². The molecule has 1 heteroatoms. The minimum Gasteiger partial charge on any atom is -0.502 e. The van der Waals surface area contributed by atoms with E-state index < -0.39 is 0 Å². The van der Waals surface area contributed by atoms with Gasteiger partial charge in [0.15, 0.2) is 0 Å². The van der Waals surface area contributed by atoms with Crippen LogP contribution in [0.4, 0.5) is 0 Å². The zero-order chi connectivity index (χ0) is 8.81. The van der Waals surface area contributed by atoms with Gasteiger partial charge in [-0.05, 0) is 31.1 Å². The van der Waals surface area contributed by atoms with Crippen LogP contribution in [0.25, 0.3) is 0 Å². The molecule has 0 heterocycles. The first kappa shape index (κ1) is 9.63. The predicted molar refractivity (Wildman–Crippen MR) is 51.9 cm³/mol. The molecule has 0 saturated heterocycles. The quantitative estimate of drug-likeness (QED) is 0.452. The van der Waals surface area contributed by atoms with Crippen molar-refractivity contribution in [3.05, 3.63) is 12.8 Å². The van der Waals surface area contributed by atoms with Crippen LogP contribution in [0.1, 0.15) is 39.0 Å². The van der Waals surface area contributed by atoms with E-state index in [1.165, 1.54) is 38.4 Å². The Bertz CT molecular complexity index is 131. The highest BCUT2D eigenvalue weighted by Crippen LogP contribution is 2.33. The summed E-state index contributed by atoms with van der Waals surface area (Å²) in [4.78, 5) is 0. The van der Waals surface area contributed by atoms with Crippen molar-refractivity contribution in [3.8, 4) is 0 Å². The summed E-state index contributed by atoms with van der Waals surface area (Å²) in [5.41, 5.74) is 0. The van der Waals surface area contributed by atoms with E-state index in [4.69, 9.17) is 4.74 Å². The van der Waals surface area contributed by atoms with Crippen LogP contribution >= 0.6 is 0 Å². The first-order valence-corrected chi connectivity index (χ1v) is 5.05. The molecule has 0 aromatic carbocycles. The molecule has 1 rings (SSSR count). The van der Waals surface area contributed by atoms with Crippen LogP contribution in [0.2, 0.25) is 0 Å². The smallest absolute Gasteiger partial charge is 0.0873 e. The zero-order valence-electron chi connectivity index (χ0n) is 8.09. The summed E-state index contributed by atoms with van der Waals surface area (Å²) in [7, 11) is 0. The number of hydrogen-bond donors (Lipinski definition) is 0. The Morgan fingerprint density at radius 2 is 2.33 bits per heavy atom. The Labute approximate surface area is 75.8 Å². The summed E-state index contributed by atoms with van der Waals surface area (Å²) in [6, 6.07) is 0. The molecule has 12 heavy (non-hydrogen) atoms. The van der Waals surface area contributed by atoms with Gasteiger partial charge in [-0.15, -0.1) is 0 Å². The molecule has 1 aliphatic rings. The van der Waals surface area contributed by atoms with Crippen molar-refractivity contribution in [2.75, 3.05) is 6.61 Å². The van der Waals surface area contributed by atoms with E-state index in [2.05, 4.69) is 13.5 Å². The van der Waals surface area contributed by atoms with Gasteiger partial charge in [0, 0.05) is 0 Å². The van der Waals surface area contributed by atoms with Gasteiger partial charge >= 0.3 is 0 Å². The van der Waals surface area contributed by atoms with E-state index in [1.807, 2.05) is 0 Å². The Morgan fingerprint density at radius 3 is 2.92 bits per heavy atom. The molecule has 2 atom stereocenters. The molecule has 0 spiro atoms. The number of hydrogen-bond acceptors (Lipinski definition) is 1. The third-order valence-electron chi connectivity index (χ3n) is 2.80. The molecule has 1 fully saturated rings. The van der Waals surface area contributed by atoms with Crippen molar-refractivity contribution >= 4 is 0 Å². The summed E-state index contributed by atoms with van der Waals surface area (Å²) in [5, 5.41) is 0. The van der Waals surface area contributed by atoms with Crippen LogP contribution in [0.15, 0.2) is 12.8 Å². The largest absolute Gasteiger partial charge is 0.502 e. The Hall–Kier alpha value is -0.460. The van der Waals surface area contributed by atoms with Gasteiger partial charge in [-0.3, -0.25) is 0 Å².